The topological polar surface area (TPSA) is 374 Å². The molecule has 3 saturated heterocycles. The Hall–Kier alpha value is -5.01. The molecule has 0 saturated carbocycles. The van der Waals surface area contributed by atoms with Crippen LogP contribution in [0.1, 0.15) is 136 Å². The Balaban J connectivity index is 1.64. The van der Waals surface area contributed by atoms with Crippen LogP contribution >= 0.6 is 0 Å². The summed E-state index contributed by atoms with van der Waals surface area (Å²) in [6.45, 7) is 4.89. The molecule has 3 heterocycles. The number of amides is 7. The van der Waals surface area contributed by atoms with Gasteiger partial charge in [0.25, 0.3) is 0 Å². The largest absolute Gasteiger partial charge is 0.508 e. The fraction of sp³-hybridized carbons (Fsp3) is 0.745. The molecular weight excluding hydrogens is 965 g/mol. The van der Waals surface area contributed by atoms with Gasteiger partial charge >= 0.3 is 0 Å². The first-order valence-electron chi connectivity index (χ1n) is 26.4. The number of nitrogens with one attached hydrogen (secondary N) is 5. The maximum Gasteiger partial charge on any atom is 0.248 e. The van der Waals surface area contributed by atoms with Crippen LogP contribution in [-0.2, 0) is 33.6 Å². The van der Waals surface area contributed by atoms with Crippen molar-refractivity contribution in [2.24, 2.45) is 17.6 Å². The second kappa shape index (κ2) is 29.9. The summed E-state index contributed by atoms with van der Waals surface area (Å²) in [5.74, 6) is -7.20. The van der Waals surface area contributed by atoms with Crippen LogP contribution in [-0.4, -0.2) is 191 Å². The minimum Gasteiger partial charge on any atom is -0.508 e. The molecule has 418 valence electrons. The van der Waals surface area contributed by atoms with E-state index in [1.807, 2.05) is 0 Å². The Bertz CT molecular complexity index is 2000. The number of unbranched alkanes of at least 4 members (excludes halogenated alkanes) is 8. The van der Waals surface area contributed by atoms with E-state index >= 15 is 0 Å². The van der Waals surface area contributed by atoms with Gasteiger partial charge in [-0.15, -0.1) is 0 Å². The zero-order chi connectivity index (χ0) is 54.8. The van der Waals surface area contributed by atoms with Gasteiger partial charge in [-0.2, -0.15) is 0 Å². The lowest BCUT2D eigenvalue weighted by atomic mass is 9.97. The van der Waals surface area contributed by atoms with Crippen LogP contribution in [0.4, 0.5) is 0 Å². The summed E-state index contributed by atoms with van der Waals surface area (Å²) in [7, 11) is 0. The van der Waals surface area contributed by atoms with Crippen LogP contribution in [0.15, 0.2) is 24.3 Å². The number of rotatable bonds is 21. The van der Waals surface area contributed by atoms with E-state index in [4.69, 9.17) is 5.73 Å². The number of benzene rings is 1. The molecule has 0 aromatic heterocycles. The predicted octanol–water partition coefficient (Wildman–Crippen LogP) is -1.80. The Kier molecular flexibility index (Phi) is 24.9. The molecule has 0 aliphatic carbocycles. The molecular formula is C51H84N8O15. The molecule has 1 aromatic carbocycles. The van der Waals surface area contributed by atoms with Gasteiger partial charge < -0.3 is 83.0 Å². The maximum absolute atomic E-state index is 14.4. The van der Waals surface area contributed by atoms with Crippen molar-refractivity contribution >= 4 is 41.4 Å². The summed E-state index contributed by atoms with van der Waals surface area (Å²) in [5.41, 5.74) is 6.14. The Morgan fingerprint density at radius 3 is 1.96 bits per heavy atom. The lowest BCUT2D eigenvalue weighted by Crippen LogP contribution is -2.61. The minimum absolute atomic E-state index is 0.00460. The van der Waals surface area contributed by atoms with Crippen molar-refractivity contribution in [1.29, 1.82) is 0 Å². The minimum atomic E-state index is -1.85. The summed E-state index contributed by atoms with van der Waals surface area (Å²) >= 11 is 0. The van der Waals surface area contributed by atoms with Gasteiger partial charge in [-0.25, -0.2) is 0 Å². The van der Waals surface area contributed by atoms with Gasteiger partial charge in [0.2, 0.25) is 41.4 Å². The van der Waals surface area contributed by atoms with Gasteiger partial charge in [-0.1, -0.05) is 97.1 Å². The molecule has 3 aliphatic rings. The summed E-state index contributed by atoms with van der Waals surface area (Å²) in [6.07, 6.45) is -0.203. The number of aliphatic hydroxyl groups is 7. The molecule has 1 aromatic rings. The molecule has 7 amide bonds. The highest BCUT2D eigenvalue weighted by Gasteiger charge is 2.49. The first kappa shape index (κ1) is 61.5. The average molecular weight is 1050 g/mol. The summed E-state index contributed by atoms with van der Waals surface area (Å²) < 4.78 is 0. The van der Waals surface area contributed by atoms with E-state index in [2.05, 4.69) is 40.4 Å². The number of carbonyl (C=O) groups is 7. The molecule has 3 aliphatic heterocycles. The van der Waals surface area contributed by atoms with Gasteiger partial charge in [0.1, 0.15) is 48.1 Å². The lowest BCUT2D eigenvalue weighted by molar-refractivity contribution is -0.145. The van der Waals surface area contributed by atoms with Crippen LogP contribution in [0.5, 0.6) is 5.75 Å². The fourth-order valence-electron chi connectivity index (χ4n) is 9.80. The van der Waals surface area contributed by atoms with E-state index in [1.165, 1.54) is 70.2 Å². The van der Waals surface area contributed by atoms with Gasteiger partial charge in [0.15, 0.2) is 0 Å². The molecule has 15 N–H and O–H groups in total. The third-order valence-corrected chi connectivity index (χ3v) is 14.7. The van der Waals surface area contributed by atoms with Crippen LogP contribution in [0.3, 0.4) is 0 Å². The Morgan fingerprint density at radius 1 is 0.757 bits per heavy atom. The fourth-order valence-corrected chi connectivity index (χ4v) is 9.80. The number of fused-ring (bicyclic) bond motifs is 2. The molecule has 4 rings (SSSR count). The van der Waals surface area contributed by atoms with Crippen molar-refractivity contribution in [2.45, 2.75) is 203 Å². The van der Waals surface area contributed by atoms with Crippen LogP contribution in [0, 0.1) is 11.8 Å². The Labute approximate surface area is 433 Å². The highest BCUT2D eigenvalue weighted by atomic mass is 16.3. The van der Waals surface area contributed by atoms with Gasteiger partial charge in [-0.05, 0) is 37.0 Å². The standard InChI is InChI=1S/C51H84N8O15/c1-5-28(2)15-13-11-9-7-6-8-10-12-14-16-41(66)53-34-22-39(64)36(24-52)55-49(72)43-44(67)29(3)25-59(43)50(73)37(27-60)56-46(69)35(23-40(65)45(68)31-17-19-32(62)20-18-31)54-48(71)38-21-33(63)26-58(38)51(74)42(30(4)61)57-47(34)70/h17-20,28-30,33-40,42-45,60-65,67-68H,5-16,21-27,52H2,1-4H3,(H,53,66)(H,54,71)(H,55,72)(H,56,69)(H,57,70). The quantitative estimate of drug-likeness (QED) is 0.0605. The van der Waals surface area contributed by atoms with Crippen molar-refractivity contribution in [3.8, 4) is 5.75 Å². The number of nitrogens with two attached hydrogens (primary N) is 1. The number of nitrogens with zero attached hydrogens (tertiary/aromatic N) is 2. The molecule has 15 atom stereocenters. The van der Waals surface area contributed by atoms with Gasteiger partial charge in [0, 0.05) is 51.2 Å². The third kappa shape index (κ3) is 17.5. The van der Waals surface area contributed by atoms with E-state index in [-0.39, 0.29) is 24.3 Å². The monoisotopic (exact) mass is 1050 g/mol. The molecule has 0 spiro atoms. The van der Waals surface area contributed by atoms with E-state index in [0.29, 0.717) is 6.42 Å². The van der Waals surface area contributed by atoms with Crippen LogP contribution in [0.2, 0.25) is 0 Å². The zero-order valence-electron chi connectivity index (χ0n) is 43.3. The normalized spacial score (nSPS) is 29.4. The van der Waals surface area contributed by atoms with Crippen molar-refractivity contribution in [1.82, 2.24) is 36.4 Å². The number of carbonyl (C=O) groups excluding carboxylic acids is 7. The molecule has 74 heavy (non-hydrogen) atoms. The third-order valence-electron chi connectivity index (χ3n) is 14.7. The number of aromatic hydroxyl groups is 1. The zero-order valence-corrected chi connectivity index (χ0v) is 43.3. The number of aliphatic hydroxyl groups excluding tert-OH is 7. The molecule has 15 unspecified atom stereocenters. The number of hydrogen-bond acceptors (Lipinski definition) is 16. The van der Waals surface area contributed by atoms with Crippen molar-refractivity contribution in [2.75, 3.05) is 26.2 Å². The molecule has 0 bridgehead atoms. The van der Waals surface area contributed by atoms with Crippen LogP contribution < -0.4 is 32.3 Å². The maximum atomic E-state index is 14.4. The number of phenolic OH excluding ortho intramolecular Hbond substituents is 1. The first-order chi connectivity index (χ1) is 35.1. The van der Waals surface area contributed by atoms with E-state index in [0.717, 1.165) is 47.8 Å². The Morgan fingerprint density at radius 2 is 1.36 bits per heavy atom. The summed E-state index contributed by atoms with van der Waals surface area (Å²) in [6, 6.07) is -6.69. The van der Waals surface area contributed by atoms with Crippen LogP contribution in [0.25, 0.3) is 0 Å². The highest BCUT2D eigenvalue weighted by molar-refractivity contribution is 5.98. The summed E-state index contributed by atoms with van der Waals surface area (Å²) in [4.78, 5) is 101. The SMILES string of the molecule is CCC(C)CCCCCCCCCCCC(=O)NC1CC(O)C(CN)NC(=O)C2C(O)C(C)CN2C(=O)C(CO)NC(=O)C(CC(O)C(O)c2ccc(O)cc2)NC(=O)C2CC(O)CN2C(=O)C(C(C)O)NC1=O. The van der Waals surface area contributed by atoms with E-state index in [1.54, 1.807) is 0 Å². The van der Waals surface area contributed by atoms with Crippen molar-refractivity contribution in [3.63, 3.8) is 0 Å². The molecule has 0 radical (unpaired) electrons. The number of phenols is 1. The second-order valence-corrected chi connectivity index (χ2v) is 20.7. The van der Waals surface area contributed by atoms with Crippen molar-refractivity contribution in [3.05, 3.63) is 29.8 Å². The molecule has 3 fully saturated rings. The predicted molar refractivity (Wildman–Crippen MR) is 269 cm³/mol. The van der Waals surface area contributed by atoms with Gasteiger partial charge in [0.05, 0.1) is 43.2 Å². The molecule has 23 heteroatoms. The highest BCUT2D eigenvalue weighted by Crippen LogP contribution is 2.27. The average Bonchev–Trinajstić information content (AvgIpc) is 3.91. The molecule has 23 nitrogen and oxygen atoms in total. The lowest BCUT2D eigenvalue weighted by Gasteiger charge is -2.32. The first-order valence-corrected chi connectivity index (χ1v) is 26.4. The van der Waals surface area contributed by atoms with E-state index < -0.39 is 165 Å². The number of hydrogen-bond donors (Lipinski definition) is 14. The smallest absolute Gasteiger partial charge is 0.248 e. The summed E-state index contributed by atoms with van der Waals surface area (Å²) in [5, 5.41) is 99.5. The van der Waals surface area contributed by atoms with Gasteiger partial charge in [-0.3, -0.25) is 33.6 Å². The van der Waals surface area contributed by atoms with E-state index in [9.17, 15) is 74.4 Å². The second-order valence-electron chi connectivity index (χ2n) is 20.7. The van der Waals surface area contributed by atoms with Crippen molar-refractivity contribution < 1.29 is 74.4 Å².